The van der Waals surface area contributed by atoms with Crippen molar-refractivity contribution < 1.29 is 34.0 Å². The van der Waals surface area contributed by atoms with Crippen LogP contribution in [0.15, 0.2) is 12.2 Å². The quantitative estimate of drug-likeness (QED) is 0.566. The van der Waals surface area contributed by atoms with E-state index in [-0.39, 0.29) is 36.2 Å². The number of fused-ring (bicyclic) bond motifs is 3. The molecule has 8 atom stereocenters. The van der Waals surface area contributed by atoms with Gasteiger partial charge in [0.25, 0.3) is 0 Å². The molecule has 0 saturated carbocycles. The number of aliphatic hydroxyl groups excluding tert-OH is 1. The Morgan fingerprint density at radius 2 is 2.11 bits per heavy atom. The number of hydrogen-bond donors (Lipinski definition) is 2. The summed E-state index contributed by atoms with van der Waals surface area (Å²) in [5.41, 5.74) is -0.846. The standard InChI is InChI=1S/C20H30O7/c1-6-10(2)17(22)26-14-8-19(5)15(21)9-20(24,27-19)11(3)7-13-16(14)12(4)18(23)25-13/h10-11,13-16,21,24H,4,6-9H2,1-3,5H3/t10-,11-,13+,14+,15-,16-,19+,20+/m0/s1. The number of rotatable bonds is 3. The molecule has 2 N–H and O–H groups in total. The minimum Gasteiger partial charge on any atom is -0.461 e. The number of ether oxygens (including phenoxy) is 3. The fourth-order valence-corrected chi connectivity index (χ4v) is 4.40. The normalized spacial score (nSPS) is 45.3. The molecule has 2 bridgehead atoms. The van der Waals surface area contributed by atoms with E-state index in [0.717, 1.165) is 0 Å². The van der Waals surface area contributed by atoms with E-state index in [0.29, 0.717) is 12.8 Å². The Morgan fingerprint density at radius 3 is 2.74 bits per heavy atom. The van der Waals surface area contributed by atoms with Crippen LogP contribution in [0.1, 0.15) is 53.4 Å². The number of carbonyl (C=O) groups excluding carboxylic acids is 2. The fraction of sp³-hybridized carbons (Fsp3) is 0.800. The van der Waals surface area contributed by atoms with Gasteiger partial charge in [-0.1, -0.05) is 27.4 Å². The Morgan fingerprint density at radius 1 is 1.44 bits per heavy atom. The van der Waals surface area contributed by atoms with Crippen LogP contribution in [0.4, 0.5) is 0 Å². The highest BCUT2D eigenvalue weighted by molar-refractivity contribution is 5.91. The summed E-state index contributed by atoms with van der Waals surface area (Å²) in [4.78, 5) is 24.7. The highest BCUT2D eigenvalue weighted by Crippen LogP contribution is 2.49. The van der Waals surface area contributed by atoms with Gasteiger partial charge in [-0.05, 0) is 19.8 Å². The van der Waals surface area contributed by atoms with Crippen molar-refractivity contribution in [3.8, 4) is 0 Å². The van der Waals surface area contributed by atoms with E-state index in [2.05, 4.69) is 6.58 Å². The molecule has 0 unspecified atom stereocenters. The molecule has 152 valence electrons. The van der Waals surface area contributed by atoms with Gasteiger partial charge in [0.15, 0.2) is 5.79 Å². The molecule has 0 radical (unpaired) electrons. The summed E-state index contributed by atoms with van der Waals surface area (Å²) in [6.45, 7) is 11.0. The Kier molecular flexibility index (Phi) is 5.16. The molecule has 0 amide bonds. The number of hydrogen-bond acceptors (Lipinski definition) is 7. The predicted molar refractivity (Wildman–Crippen MR) is 95.3 cm³/mol. The Bertz CT molecular complexity index is 646. The van der Waals surface area contributed by atoms with Gasteiger partial charge in [0.05, 0.1) is 23.5 Å². The second-order valence-corrected chi connectivity index (χ2v) is 8.60. The first-order chi connectivity index (χ1) is 12.5. The van der Waals surface area contributed by atoms with Gasteiger partial charge in [-0.3, -0.25) is 4.79 Å². The summed E-state index contributed by atoms with van der Waals surface area (Å²) < 4.78 is 17.2. The third kappa shape index (κ3) is 3.41. The fourth-order valence-electron chi connectivity index (χ4n) is 4.40. The summed E-state index contributed by atoms with van der Waals surface area (Å²) in [5.74, 6) is -3.60. The molecule has 0 spiro atoms. The maximum Gasteiger partial charge on any atom is 0.334 e. The van der Waals surface area contributed by atoms with Gasteiger partial charge >= 0.3 is 11.9 Å². The summed E-state index contributed by atoms with van der Waals surface area (Å²) in [7, 11) is 0. The molecule has 0 aromatic rings. The largest absolute Gasteiger partial charge is 0.461 e. The Balaban J connectivity index is 1.99. The maximum atomic E-state index is 12.5. The molecule has 3 aliphatic rings. The van der Waals surface area contributed by atoms with Crippen molar-refractivity contribution in [2.45, 2.75) is 83.1 Å². The molecule has 3 fully saturated rings. The van der Waals surface area contributed by atoms with Crippen LogP contribution >= 0.6 is 0 Å². The van der Waals surface area contributed by atoms with Crippen LogP contribution < -0.4 is 0 Å². The van der Waals surface area contributed by atoms with Crippen molar-refractivity contribution in [1.29, 1.82) is 0 Å². The summed E-state index contributed by atoms with van der Waals surface area (Å²) >= 11 is 0. The van der Waals surface area contributed by atoms with E-state index in [4.69, 9.17) is 14.2 Å². The Labute approximate surface area is 159 Å². The molecule has 7 nitrogen and oxygen atoms in total. The van der Waals surface area contributed by atoms with E-state index in [1.807, 2.05) is 6.92 Å². The minimum absolute atomic E-state index is 0.0585. The molecule has 3 saturated heterocycles. The van der Waals surface area contributed by atoms with Crippen LogP contribution in [0, 0.1) is 17.8 Å². The maximum absolute atomic E-state index is 12.5. The lowest BCUT2D eigenvalue weighted by molar-refractivity contribution is -0.253. The highest BCUT2D eigenvalue weighted by Gasteiger charge is 2.60. The van der Waals surface area contributed by atoms with Crippen molar-refractivity contribution in [3.05, 3.63) is 12.2 Å². The summed E-state index contributed by atoms with van der Waals surface area (Å²) in [5, 5.41) is 21.6. The lowest BCUT2D eigenvalue weighted by atomic mass is 9.78. The van der Waals surface area contributed by atoms with Gasteiger partial charge in [-0.2, -0.15) is 0 Å². The van der Waals surface area contributed by atoms with Crippen LogP contribution in [0.2, 0.25) is 0 Å². The van der Waals surface area contributed by atoms with Crippen molar-refractivity contribution in [2.75, 3.05) is 0 Å². The monoisotopic (exact) mass is 382 g/mol. The van der Waals surface area contributed by atoms with E-state index in [1.54, 1.807) is 20.8 Å². The number of carbonyl (C=O) groups is 2. The average molecular weight is 382 g/mol. The molecular weight excluding hydrogens is 352 g/mol. The van der Waals surface area contributed by atoms with E-state index >= 15 is 0 Å². The van der Waals surface area contributed by atoms with Gasteiger partial charge < -0.3 is 24.4 Å². The molecule has 3 aliphatic heterocycles. The van der Waals surface area contributed by atoms with E-state index in [1.165, 1.54) is 0 Å². The molecule has 0 aromatic carbocycles. The zero-order valence-electron chi connectivity index (χ0n) is 16.4. The molecule has 0 aromatic heterocycles. The topological polar surface area (TPSA) is 102 Å². The zero-order valence-corrected chi connectivity index (χ0v) is 16.4. The predicted octanol–water partition coefficient (Wildman–Crippen LogP) is 1.70. The second-order valence-electron chi connectivity index (χ2n) is 8.60. The SMILES string of the molecule is C=C1C(=O)O[C@@H]2C[C@H](C)[C@@]3(O)C[C@H](O)[C@@](C)(C[C@@H](OC(=O)[C@@H](C)CC)[C@@H]12)O3. The van der Waals surface area contributed by atoms with Crippen LogP contribution in [0.5, 0.6) is 0 Å². The third-order valence-corrected chi connectivity index (χ3v) is 6.57. The second kappa shape index (κ2) is 6.87. The van der Waals surface area contributed by atoms with Gasteiger partial charge in [-0.25, -0.2) is 4.79 Å². The lowest BCUT2D eigenvalue weighted by Gasteiger charge is -2.34. The van der Waals surface area contributed by atoms with Crippen molar-refractivity contribution in [1.82, 2.24) is 0 Å². The van der Waals surface area contributed by atoms with Crippen LogP contribution in [0.3, 0.4) is 0 Å². The van der Waals surface area contributed by atoms with Crippen LogP contribution in [-0.4, -0.2) is 51.9 Å². The molecule has 0 aliphatic carbocycles. The van der Waals surface area contributed by atoms with Crippen molar-refractivity contribution in [2.24, 2.45) is 17.8 Å². The van der Waals surface area contributed by atoms with Crippen LogP contribution in [-0.2, 0) is 23.8 Å². The van der Waals surface area contributed by atoms with Gasteiger partial charge in [0.2, 0.25) is 0 Å². The van der Waals surface area contributed by atoms with Crippen LogP contribution in [0.25, 0.3) is 0 Å². The first-order valence-electron chi connectivity index (χ1n) is 9.71. The Hall–Kier alpha value is -1.44. The molecule has 7 heteroatoms. The van der Waals surface area contributed by atoms with Gasteiger partial charge in [-0.15, -0.1) is 0 Å². The minimum atomic E-state index is -1.52. The van der Waals surface area contributed by atoms with Gasteiger partial charge in [0, 0.05) is 24.3 Å². The molecule has 3 heterocycles. The molecular formula is C20H30O7. The van der Waals surface area contributed by atoms with E-state index < -0.39 is 41.6 Å². The summed E-state index contributed by atoms with van der Waals surface area (Å²) in [6, 6.07) is 0. The average Bonchev–Trinajstić information content (AvgIpc) is 2.99. The van der Waals surface area contributed by atoms with E-state index in [9.17, 15) is 19.8 Å². The first kappa shape index (κ1) is 20.3. The smallest absolute Gasteiger partial charge is 0.334 e. The van der Waals surface area contributed by atoms with Gasteiger partial charge in [0.1, 0.15) is 12.2 Å². The number of aliphatic hydroxyl groups is 2. The number of esters is 2. The highest BCUT2D eigenvalue weighted by atomic mass is 16.7. The summed E-state index contributed by atoms with van der Waals surface area (Å²) in [6.07, 6.45) is -1.05. The molecule has 27 heavy (non-hydrogen) atoms. The first-order valence-corrected chi connectivity index (χ1v) is 9.71. The van der Waals surface area contributed by atoms with Crippen molar-refractivity contribution in [3.63, 3.8) is 0 Å². The molecule has 3 rings (SSSR count). The lowest BCUT2D eigenvalue weighted by Crippen LogP contribution is -2.45. The zero-order chi connectivity index (χ0) is 20.1. The van der Waals surface area contributed by atoms with Crippen molar-refractivity contribution >= 4 is 11.9 Å². The third-order valence-electron chi connectivity index (χ3n) is 6.57.